The molecule has 37 heavy (non-hydrogen) atoms. The Balaban J connectivity index is 0.000000152. The molecule has 17 nitrogen and oxygen atoms in total. The number of nitrogens with one attached hydrogen (secondary N) is 1. The molecule has 17 heteroatoms. The number of nitrogens with two attached hydrogens (primary N) is 2. The molecule has 6 heterocycles. The third-order valence-corrected chi connectivity index (χ3v) is 6.06. The van der Waals surface area contributed by atoms with E-state index in [9.17, 15) is 10.2 Å². The maximum atomic E-state index is 9.89. The van der Waals surface area contributed by atoms with Gasteiger partial charge in [0.25, 0.3) is 0 Å². The number of rotatable bonds is 4. The average Bonchev–Trinajstić information content (AvgIpc) is 3.65. The van der Waals surface area contributed by atoms with E-state index in [1.807, 2.05) is 0 Å². The summed E-state index contributed by atoms with van der Waals surface area (Å²) in [7, 11) is 0. The molecule has 2 saturated heterocycles. The number of ether oxygens (including phenoxy) is 3. The lowest BCUT2D eigenvalue weighted by molar-refractivity contribution is -0.0980. The zero-order valence-corrected chi connectivity index (χ0v) is 19.5. The number of aliphatic imine (C=N–C) groups is 1. The smallest absolute Gasteiger partial charge is 0.224 e. The van der Waals surface area contributed by atoms with Gasteiger partial charge in [0.15, 0.2) is 24.0 Å². The molecule has 200 valence electrons. The van der Waals surface area contributed by atoms with Crippen LogP contribution in [0.15, 0.2) is 17.6 Å². The molecule has 3 aromatic rings. The number of fused-ring (bicyclic) bond motifs is 2. The molecule has 0 aliphatic carbocycles. The van der Waals surface area contributed by atoms with Crippen LogP contribution >= 0.6 is 0 Å². The van der Waals surface area contributed by atoms with Crippen LogP contribution in [0.3, 0.4) is 0 Å². The van der Waals surface area contributed by atoms with Gasteiger partial charge >= 0.3 is 0 Å². The van der Waals surface area contributed by atoms with Crippen molar-refractivity contribution in [3.8, 4) is 0 Å². The molecule has 3 aromatic heterocycles. The number of aromatic nitrogens is 6. The molecule has 6 rings (SSSR count). The number of nitrogens with zero attached hydrogens (tertiary/aromatic N) is 7. The number of aliphatic hydroxyl groups is 4. The average molecular weight is 521 g/mol. The van der Waals surface area contributed by atoms with E-state index in [0.717, 1.165) is 0 Å². The van der Waals surface area contributed by atoms with E-state index in [-0.39, 0.29) is 31.5 Å². The van der Waals surface area contributed by atoms with Gasteiger partial charge in [-0.05, 0) is 0 Å². The molecule has 0 saturated carbocycles. The summed E-state index contributed by atoms with van der Waals surface area (Å²) in [5.41, 5.74) is 12.7. The van der Waals surface area contributed by atoms with Crippen LogP contribution in [-0.4, -0.2) is 101 Å². The largest absolute Gasteiger partial charge is 0.394 e. The zero-order chi connectivity index (χ0) is 26.1. The first-order valence-corrected chi connectivity index (χ1v) is 11.5. The molecule has 2 fully saturated rings. The zero-order valence-electron chi connectivity index (χ0n) is 19.5. The third-order valence-electron chi connectivity index (χ3n) is 6.06. The summed E-state index contributed by atoms with van der Waals surface area (Å²) in [4.78, 5) is 20.2. The van der Waals surface area contributed by atoms with Crippen LogP contribution in [0, 0.1) is 0 Å². The van der Waals surface area contributed by atoms with Crippen molar-refractivity contribution >= 4 is 35.1 Å². The molecule has 9 N–H and O–H groups in total. The van der Waals surface area contributed by atoms with Crippen LogP contribution < -0.4 is 16.8 Å². The second kappa shape index (κ2) is 10.5. The van der Waals surface area contributed by atoms with Crippen molar-refractivity contribution in [2.45, 2.75) is 43.5 Å². The van der Waals surface area contributed by atoms with Crippen LogP contribution in [0.4, 0.5) is 17.6 Å². The molecule has 0 aromatic carbocycles. The van der Waals surface area contributed by atoms with Crippen LogP contribution in [0.1, 0.15) is 30.7 Å². The lowest BCUT2D eigenvalue weighted by Gasteiger charge is -2.16. The second-order valence-electron chi connectivity index (χ2n) is 8.48. The minimum absolute atomic E-state index is 0.0689. The number of anilines is 3. The highest BCUT2D eigenvalue weighted by Gasteiger charge is 2.36. The van der Waals surface area contributed by atoms with E-state index in [2.05, 4.69) is 30.2 Å². The third kappa shape index (κ3) is 4.92. The van der Waals surface area contributed by atoms with Crippen molar-refractivity contribution in [2.24, 2.45) is 4.99 Å². The first-order chi connectivity index (χ1) is 17.9. The van der Waals surface area contributed by atoms with Crippen LogP contribution in [0.2, 0.25) is 0 Å². The summed E-state index contributed by atoms with van der Waals surface area (Å²) in [6.07, 6.45) is 1.41. The van der Waals surface area contributed by atoms with E-state index in [1.165, 1.54) is 12.7 Å². The molecule has 0 radical (unpaired) electrons. The number of hydrogen-bond donors (Lipinski definition) is 7. The van der Waals surface area contributed by atoms with Crippen molar-refractivity contribution in [2.75, 3.05) is 43.1 Å². The molecular weight excluding hydrogens is 492 g/mol. The Labute approximate surface area is 209 Å². The molecule has 0 unspecified atom stereocenters. The highest BCUT2D eigenvalue weighted by molar-refractivity contribution is 5.82. The van der Waals surface area contributed by atoms with Gasteiger partial charge in [-0.25, -0.2) is 9.97 Å². The molecule has 0 spiro atoms. The molecule has 3 aliphatic heterocycles. The van der Waals surface area contributed by atoms with Gasteiger partial charge in [0, 0.05) is 6.42 Å². The molecule has 3 aliphatic rings. The number of nitrogen functional groups attached to an aromatic ring is 2. The van der Waals surface area contributed by atoms with Gasteiger partial charge in [0.2, 0.25) is 5.95 Å². The Morgan fingerprint density at radius 1 is 1.03 bits per heavy atom. The predicted molar refractivity (Wildman–Crippen MR) is 127 cm³/mol. The summed E-state index contributed by atoms with van der Waals surface area (Å²) >= 11 is 0. The van der Waals surface area contributed by atoms with Crippen LogP contribution in [0.5, 0.6) is 0 Å². The summed E-state index contributed by atoms with van der Waals surface area (Å²) in [6, 6.07) is 0. The Hall–Kier alpha value is -3.45. The lowest BCUT2D eigenvalue weighted by atomic mass is 10.2. The van der Waals surface area contributed by atoms with Gasteiger partial charge in [-0.2, -0.15) is 9.97 Å². The predicted octanol–water partition coefficient (Wildman–Crippen LogP) is -2.13. The number of imidazole rings is 2. The Bertz CT molecular complexity index is 1270. The first-order valence-electron chi connectivity index (χ1n) is 11.5. The molecular formula is C20H28N10O7. The highest BCUT2D eigenvalue weighted by atomic mass is 16.7. The van der Waals surface area contributed by atoms with Crippen LogP contribution in [-0.2, 0) is 14.2 Å². The van der Waals surface area contributed by atoms with Gasteiger partial charge in [-0.15, -0.1) is 0 Å². The summed E-state index contributed by atoms with van der Waals surface area (Å²) in [5, 5.41) is 40.6. The van der Waals surface area contributed by atoms with E-state index in [0.29, 0.717) is 35.7 Å². The van der Waals surface area contributed by atoms with E-state index in [4.69, 9.17) is 35.9 Å². The fourth-order valence-electron chi connectivity index (χ4n) is 4.23. The molecule has 6 atom stereocenters. The van der Waals surface area contributed by atoms with Gasteiger partial charge < -0.3 is 51.4 Å². The number of hydrogen-bond acceptors (Lipinski definition) is 15. The minimum atomic E-state index is -0.762. The second-order valence-corrected chi connectivity index (χ2v) is 8.48. The van der Waals surface area contributed by atoms with Gasteiger partial charge in [-0.1, -0.05) is 0 Å². The maximum Gasteiger partial charge on any atom is 0.224 e. The van der Waals surface area contributed by atoms with E-state index >= 15 is 0 Å². The van der Waals surface area contributed by atoms with Gasteiger partial charge in [0.05, 0.1) is 51.5 Å². The normalized spacial score (nSPS) is 29.0. The fourth-order valence-corrected chi connectivity index (χ4v) is 4.23. The SMILES string of the molecule is Nc1nc(N)c2ncn([C@H]3CO[C@@H](CO)O3)c2n1.OC[C@H]1O[C@@H](n2cnc3c2NC=NC[C@H]3O)C[C@@H]1O. The van der Waals surface area contributed by atoms with Crippen molar-refractivity contribution in [1.29, 1.82) is 0 Å². The quantitative estimate of drug-likeness (QED) is 0.194. The molecule has 0 bridgehead atoms. The van der Waals surface area contributed by atoms with E-state index in [1.54, 1.807) is 15.5 Å². The van der Waals surface area contributed by atoms with Crippen molar-refractivity contribution in [1.82, 2.24) is 29.1 Å². The lowest BCUT2D eigenvalue weighted by Crippen LogP contribution is -2.24. The highest BCUT2D eigenvalue weighted by Crippen LogP contribution is 2.34. The Morgan fingerprint density at radius 3 is 2.57 bits per heavy atom. The van der Waals surface area contributed by atoms with Crippen molar-refractivity contribution < 1.29 is 34.6 Å². The van der Waals surface area contributed by atoms with Crippen LogP contribution in [0.25, 0.3) is 11.2 Å². The standard InChI is InChI=1S/C11H16N4O4.C9H12N6O3/c16-3-8-6(17)1-9(19-8)15-5-14-10-7(18)2-12-4-13-11(10)15;10-7-6-8(14-9(11)13-7)15(3-12-6)4-2-17-5(1-16)18-4/h4-9,16-18H,1-3H2,(H,12,13);3-5,16H,1-2H2,(H4,10,11,13,14)/t6-,7+,8+,9+;4-,5-/m01/s1. The Morgan fingerprint density at radius 2 is 1.84 bits per heavy atom. The van der Waals surface area contributed by atoms with Crippen molar-refractivity contribution in [3.63, 3.8) is 0 Å². The van der Waals surface area contributed by atoms with E-state index < -0.39 is 37.1 Å². The first kappa shape index (κ1) is 25.2. The summed E-state index contributed by atoms with van der Waals surface area (Å²) in [6.45, 7) is 0.110. The molecule has 0 amide bonds. The minimum Gasteiger partial charge on any atom is -0.394 e. The number of aliphatic hydroxyl groups excluding tert-OH is 4. The Kier molecular flexibility index (Phi) is 7.15. The summed E-state index contributed by atoms with van der Waals surface area (Å²) < 4.78 is 19.6. The summed E-state index contributed by atoms with van der Waals surface area (Å²) in [5.74, 6) is 0.887. The van der Waals surface area contributed by atoms with Gasteiger partial charge in [0.1, 0.15) is 35.5 Å². The van der Waals surface area contributed by atoms with Gasteiger partial charge in [-0.3, -0.25) is 14.1 Å². The van der Waals surface area contributed by atoms with Crippen molar-refractivity contribution in [3.05, 3.63) is 18.3 Å². The fraction of sp³-hybridized carbons (Fsp3) is 0.550. The monoisotopic (exact) mass is 520 g/mol. The topological polar surface area (TPSA) is 246 Å². The maximum absolute atomic E-state index is 9.89.